The lowest BCUT2D eigenvalue weighted by Gasteiger charge is -2.09. The van der Waals surface area contributed by atoms with Gasteiger partial charge in [0.05, 0.1) is 5.69 Å². The zero-order chi connectivity index (χ0) is 13.7. The number of hydrogen-bond acceptors (Lipinski definition) is 5. The second-order valence-corrected chi connectivity index (χ2v) is 3.90. The topological polar surface area (TPSA) is 83.1 Å². The predicted octanol–water partition coefficient (Wildman–Crippen LogP) is 1.41. The molecular weight excluding hydrogens is 230 g/mol. The number of hydrogen-bond donors (Lipinski definition) is 1. The van der Waals surface area contributed by atoms with Gasteiger partial charge in [-0.3, -0.25) is 9.36 Å². The molecule has 0 amide bonds. The van der Waals surface area contributed by atoms with Gasteiger partial charge in [-0.25, -0.2) is 10.4 Å². The molecule has 0 aliphatic rings. The third kappa shape index (κ3) is 2.74. The Hall–Kier alpha value is -2.16. The van der Waals surface area contributed by atoms with Crippen LogP contribution in [0.3, 0.4) is 0 Å². The lowest BCUT2D eigenvalue weighted by atomic mass is 10.2. The molecular formula is C12H17N5O. The first-order chi connectivity index (χ1) is 8.54. The Morgan fingerprint density at radius 1 is 1.56 bits per heavy atom. The molecule has 0 aromatic carbocycles. The molecule has 0 fully saturated rings. The monoisotopic (exact) mass is 247 g/mol. The van der Waals surface area contributed by atoms with E-state index in [1.165, 1.54) is 4.57 Å². The van der Waals surface area contributed by atoms with Crippen LogP contribution in [-0.2, 0) is 13.5 Å². The van der Waals surface area contributed by atoms with E-state index >= 15 is 0 Å². The van der Waals surface area contributed by atoms with Gasteiger partial charge in [-0.05, 0) is 19.8 Å². The predicted molar refractivity (Wildman–Crippen MR) is 70.6 cm³/mol. The molecule has 1 heterocycles. The quantitative estimate of drug-likeness (QED) is 0.644. The van der Waals surface area contributed by atoms with Crippen molar-refractivity contribution in [3.05, 3.63) is 21.6 Å². The highest BCUT2D eigenvalue weighted by molar-refractivity contribution is 5.82. The smallest absolute Gasteiger partial charge is 0.272 e. The van der Waals surface area contributed by atoms with Crippen LogP contribution in [0.5, 0.6) is 0 Å². The zero-order valence-corrected chi connectivity index (χ0v) is 11.1. The van der Waals surface area contributed by atoms with Crippen LogP contribution in [0.15, 0.2) is 9.90 Å². The van der Waals surface area contributed by atoms with Crippen molar-refractivity contribution in [3.63, 3.8) is 0 Å². The summed E-state index contributed by atoms with van der Waals surface area (Å²) >= 11 is 0. The van der Waals surface area contributed by atoms with Crippen molar-refractivity contribution in [2.45, 2.75) is 33.6 Å². The van der Waals surface area contributed by atoms with Crippen LogP contribution in [0.2, 0.25) is 0 Å². The average Bonchev–Trinajstić information content (AvgIpc) is 2.39. The van der Waals surface area contributed by atoms with Crippen LogP contribution in [0.1, 0.15) is 38.4 Å². The highest BCUT2D eigenvalue weighted by Gasteiger charge is 2.12. The first kappa shape index (κ1) is 13.9. The first-order valence-corrected chi connectivity index (χ1v) is 5.84. The minimum Gasteiger partial charge on any atom is -0.279 e. The molecule has 0 unspecified atom stereocenters. The molecule has 0 bridgehead atoms. The lowest BCUT2D eigenvalue weighted by Crippen LogP contribution is -2.25. The normalized spacial score (nSPS) is 11.2. The van der Waals surface area contributed by atoms with Crippen LogP contribution >= 0.6 is 0 Å². The second kappa shape index (κ2) is 5.96. The number of hydrazone groups is 1. The average molecular weight is 247 g/mol. The fourth-order valence-electron chi connectivity index (χ4n) is 1.34. The summed E-state index contributed by atoms with van der Waals surface area (Å²) in [5, 5.41) is 13.1. The van der Waals surface area contributed by atoms with Gasteiger partial charge < -0.3 is 0 Å². The van der Waals surface area contributed by atoms with E-state index in [0.717, 1.165) is 12.1 Å². The molecule has 96 valence electrons. The number of aryl methyl sites for hydroxylation is 1. The van der Waals surface area contributed by atoms with E-state index in [-0.39, 0.29) is 11.1 Å². The number of nitrogens with one attached hydrogen (secondary N) is 1. The fourth-order valence-corrected chi connectivity index (χ4v) is 1.34. The summed E-state index contributed by atoms with van der Waals surface area (Å²) in [6, 6.07) is 1.90. The Balaban J connectivity index is 3.28. The summed E-state index contributed by atoms with van der Waals surface area (Å²) in [4.78, 5) is 16.2. The van der Waals surface area contributed by atoms with E-state index in [0.29, 0.717) is 18.1 Å². The van der Waals surface area contributed by atoms with Gasteiger partial charge in [0.1, 0.15) is 11.6 Å². The molecule has 0 saturated heterocycles. The molecule has 0 spiro atoms. The van der Waals surface area contributed by atoms with E-state index in [1.54, 1.807) is 7.05 Å². The van der Waals surface area contributed by atoms with Crippen molar-refractivity contribution < 1.29 is 0 Å². The van der Waals surface area contributed by atoms with Crippen molar-refractivity contribution in [1.29, 1.82) is 5.26 Å². The van der Waals surface area contributed by atoms with Gasteiger partial charge in [0.15, 0.2) is 0 Å². The second-order valence-electron chi connectivity index (χ2n) is 3.90. The fraction of sp³-hybridized carbons (Fsp3) is 0.500. The van der Waals surface area contributed by atoms with E-state index < -0.39 is 0 Å². The van der Waals surface area contributed by atoms with E-state index in [2.05, 4.69) is 15.5 Å². The van der Waals surface area contributed by atoms with Gasteiger partial charge in [0.25, 0.3) is 5.56 Å². The Labute approximate surface area is 106 Å². The molecule has 6 nitrogen and oxygen atoms in total. The van der Waals surface area contributed by atoms with Gasteiger partial charge >= 0.3 is 0 Å². The number of aromatic nitrogens is 2. The van der Waals surface area contributed by atoms with Crippen LogP contribution in [0.4, 0.5) is 5.95 Å². The minimum absolute atomic E-state index is 0.0988. The standard InChI is InChI=1S/C12H17N5O/c1-5-8(3)15-16-12-14-10(6-2)9(7-13)11(18)17(12)4/h5-6H2,1-4H3,(H,14,16)/b15-8-. The number of anilines is 1. The molecule has 6 heteroatoms. The summed E-state index contributed by atoms with van der Waals surface area (Å²) < 4.78 is 1.30. The van der Waals surface area contributed by atoms with Gasteiger partial charge in [-0.2, -0.15) is 10.4 Å². The van der Waals surface area contributed by atoms with Crippen LogP contribution in [0, 0.1) is 11.3 Å². The van der Waals surface area contributed by atoms with Gasteiger partial charge in [-0.1, -0.05) is 13.8 Å². The highest BCUT2D eigenvalue weighted by Crippen LogP contribution is 2.06. The zero-order valence-electron chi connectivity index (χ0n) is 11.1. The molecule has 0 atom stereocenters. The minimum atomic E-state index is -0.351. The summed E-state index contributed by atoms with van der Waals surface area (Å²) in [5.41, 5.74) is 3.91. The maximum absolute atomic E-state index is 11.9. The molecule has 1 aromatic heterocycles. The maximum atomic E-state index is 11.9. The molecule has 1 rings (SSSR count). The molecule has 1 N–H and O–H groups in total. The van der Waals surface area contributed by atoms with Crippen molar-refractivity contribution in [3.8, 4) is 6.07 Å². The van der Waals surface area contributed by atoms with Crippen molar-refractivity contribution in [2.75, 3.05) is 5.43 Å². The maximum Gasteiger partial charge on any atom is 0.272 e. The first-order valence-electron chi connectivity index (χ1n) is 5.84. The van der Waals surface area contributed by atoms with Crippen molar-refractivity contribution >= 4 is 11.7 Å². The van der Waals surface area contributed by atoms with Gasteiger partial charge in [0.2, 0.25) is 5.95 Å². The Kier molecular flexibility index (Phi) is 4.60. The van der Waals surface area contributed by atoms with Crippen LogP contribution < -0.4 is 11.0 Å². The summed E-state index contributed by atoms with van der Waals surface area (Å²) in [7, 11) is 1.56. The SMILES string of the molecule is CC/C(C)=N\Nc1nc(CC)c(C#N)c(=O)n1C. The third-order valence-corrected chi connectivity index (χ3v) is 2.67. The molecule has 0 aliphatic carbocycles. The number of nitriles is 1. The van der Waals surface area contributed by atoms with Gasteiger partial charge in [-0.15, -0.1) is 0 Å². The van der Waals surface area contributed by atoms with E-state index in [4.69, 9.17) is 5.26 Å². The Bertz CT molecular complexity index is 565. The molecule has 0 aliphatic heterocycles. The Morgan fingerprint density at radius 2 is 2.22 bits per heavy atom. The van der Waals surface area contributed by atoms with Crippen molar-refractivity contribution in [1.82, 2.24) is 9.55 Å². The molecule has 18 heavy (non-hydrogen) atoms. The molecule has 0 radical (unpaired) electrons. The molecule has 1 aromatic rings. The summed E-state index contributed by atoms with van der Waals surface area (Å²) in [5.74, 6) is 0.351. The Morgan fingerprint density at radius 3 is 2.72 bits per heavy atom. The highest BCUT2D eigenvalue weighted by atomic mass is 16.1. The third-order valence-electron chi connectivity index (χ3n) is 2.67. The van der Waals surface area contributed by atoms with E-state index in [1.807, 2.05) is 26.8 Å². The van der Waals surface area contributed by atoms with Gasteiger partial charge in [0, 0.05) is 12.8 Å². The molecule has 0 saturated carbocycles. The van der Waals surface area contributed by atoms with Crippen molar-refractivity contribution in [2.24, 2.45) is 12.1 Å². The lowest BCUT2D eigenvalue weighted by molar-refractivity contribution is 0.800. The largest absolute Gasteiger partial charge is 0.279 e. The number of rotatable bonds is 4. The van der Waals surface area contributed by atoms with Crippen LogP contribution in [0.25, 0.3) is 0 Å². The van der Waals surface area contributed by atoms with Crippen LogP contribution in [-0.4, -0.2) is 15.3 Å². The summed E-state index contributed by atoms with van der Waals surface area (Å²) in [6.07, 6.45) is 1.35. The van der Waals surface area contributed by atoms with E-state index in [9.17, 15) is 4.79 Å². The number of nitrogens with zero attached hydrogens (tertiary/aromatic N) is 4. The summed E-state index contributed by atoms with van der Waals surface area (Å²) in [6.45, 7) is 5.73.